The molecule has 7 heteroatoms. The Morgan fingerprint density at radius 3 is 2.59 bits per heavy atom. The Morgan fingerprint density at radius 1 is 1.00 bits per heavy atom. The van der Waals surface area contributed by atoms with E-state index in [1.165, 1.54) is 12.3 Å². The molecule has 0 saturated heterocycles. The number of amides is 1. The van der Waals surface area contributed by atoms with Crippen molar-refractivity contribution in [3.05, 3.63) is 83.6 Å². The molecule has 2 aromatic carbocycles. The largest absolute Gasteiger partial charge is 0.321 e. The Hall–Kier alpha value is -3.51. The standard InChI is InChI=1S/C20H14ClN5O/c21-17-12-14(10-11-22-17)20(27)23-16-9-5-4-8-15(16)19-24-18(25-26-19)13-6-2-1-3-7-13/h1-12H,(H,23,27)(H,24,25,26). The molecule has 2 N–H and O–H groups in total. The second-order valence-corrected chi connectivity index (χ2v) is 6.13. The molecule has 0 fully saturated rings. The maximum atomic E-state index is 12.5. The fourth-order valence-electron chi connectivity index (χ4n) is 2.64. The maximum absolute atomic E-state index is 12.5. The molecule has 2 heterocycles. The van der Waals surface area contributed by atoms with E-state index in [1.807, 2.05) is 48.5 Å². The Balaban J connectivity index is 1.64. The molecule has 4 rings (SSSR count). The Labute approximate surface area is 160 Å². The number of carbonyl (C=O) groups is 1. The molecule has 2 aromatic heterocycles. The molecule has 0 aliphatic carbocycles. The Bertz CT molecular complexity index is 1090. The third-order valence-corrected chi connectivity index (χ3v) is 4.14. The van der Waals surface area contributed by atoms with Gasteiger partial charge in [-0.05, 0) is 24.3 Å². The van der Waals surface area contributed by atoms with Crippen molar-refractivity contribution < 1.29 is 4.79 Å². The van der Waals surface area contributed by atoms with Crippen LogP contribution in [-0.2, 0) is 0 Å². The number of anilines is 1. The third kappa shape index (κ3) is 3.70. The minimum Gasteiger partial charge on any atom is -0.321 e. The lowest BCUT2D eigenvalue weighted by Crippen LogP contribution is -2.12. The number of nitrogens with zero attached hydrogens (tertiary/aromatic N) is 3. The first-order valence-electron chi connectivity index (χ1n) is 8.21. The quantitative estimate of drug-likeness (QED) is 0.516. The topological polar surface area (TPSA) is 83.6 Å². The van der Waals surface area contributed by atoms with Gasteiger partial charge in [0.15, 0.2) is 11.6 Å². The highest BCUT2D eigenvalue weighted by molar-refractivity contribution is 6.29. The lowest BCUT2D eigenvalue weighted by atomic mass is 10.1. The average molecular weight is 376 g/mol. The summed E-state index contributed by atoms with van der Waals surface area (Å²) in [5.41, 5.74) is 2.69. The van der Waals surface area contributed by atoms with Gasteiger partial charge in [0.2, 0.25) is 0 Å². The van der Waals surface area contributed by atoms with Gasteiger partial charge in [-0.25, -0.2) is 9.97 Å². The molecule has 4 aromatic rings. The van der Waals surface area contributed by atoms with Gasteiger partial charge in [0.1, 0.15) is 5.15 Å². The van der Waals surface area contributed by atoms with Crippen LogP contribution in [0.25, 0.3) is 22.8 Å². The number of rotatable bonds is 4. The lowest BCUT2D eigenvalue weighted by molar-refractivity contribution is 0.102. The number of benzene rings is 2. The predicted octanol–water partition coefficient (Wildman–Crippen LogP) is 4.44. The van der Waals surface area contributed by atoms with Crippen LogP contribution in [0.3, 0.4) is 0 Å². The number of nitrogens with one attached hydrogen (secondary N) is 2. The number of hydrogen-bond donors (Lipinski definition) is 2. The summed E-state index contributed by atoms with van der Waals surface area (Å²) >= 11 is 5.87. The van der Waals surface area contributed by atoms with Crippen LogP contribution in [0.2, 0.25) is 5.15 Å². The fourth-order valence-corrected chi connectivity index (χ4v) is 2.81. The van der Waals surface area contributed by atoms with Gasteiger partial charge in [-0.1, -0.05) is 54.1 Å². The van der Waals surface area contributed by atoms with Crippen LogP contribution in [0.1, 0.15) is 10.4 Å². The van der Waals surface area contributed by atoms with Crippen molar-refractivity contribution in [1.29, 1.82) is 0 Å². The summed E-state index contributed by atoms with van der Waals surface area (Å²) in [5.74, 6) is 0.875. The number of carbonyl (C=O) groups excluding carboxylic acids is 1. The summed E-state index contributed by atoms with van der Waals surface area (Å²) in [6, 6.07) is 20.2. The highest BCUT2D eigenvalue weighted by Crippen LogP contribution is 2.27. The van der Waals surface area contributed by atoms with Gasteiger partial charge < -0.3 is 5.32 Å². The van der Waals surface area contributed by atoms with Gasteiger partial charge in [0, 0.05) is 22.9 Å². The number of hydrogen-bond acceptors (Lipinski definition) is 4. The van der Waals surface area contributed by atoms with E-state index in [4.69, 9.17) is 11.6 Å². The van der Waals surface area contributed by atoms with E-state index in [9.17, 15) is 4.79 Å². The van der Waals surface area contributed by atoms with Crippen LogP contribution in [0.15, 0.2) is 72.9 Å². The summed E-state index contributed by atoms with van der Waals surface area (Å²) in [7, 11) is 0. The molecule has 0 spiro atoms. The molecule has 132 valence electrons. The van der Waals surface area contributed by atoms with Gasteiger partial charge in [-0.2, -0.15) is 5.10 Å². The number of para-hydroxylation sites is 1. The highest BCUT2D eigenvalue weighted by Gasteiger charge is 2.14. The molecular formula is C20H14ClN5O. The van der Waals surface area contributed by atoms with Crippen molar-refractivity contribution in [1.82, 2.24) is 20.2 Å². The number of aromatic amines is 1. The Morgan fingerprint density at radius 2 is 1.78 bits per heavy atom. The molecule has 0 atom stereocenters. The fraction of sp³-hybridized carbons (Fsp3) is 0. The molecule has 27 heavy (non-hydrogen) atoms. The second-order valence-electron chi connectivity index (χ2n) is 5.74. The van der Waals surface area contributed by atoms with E-state index >= 15 is 0 Å². The van der Waals surface area contributed by atoms with Gasteiger partial charge in [0.05, 0.1) is 5.69 Å². The second kappa shape index (κ2) is 7.39. The average Bonchev–Trinajstić information content (AvgIpc) is 3.19. The van der Waals surface area contributed by atoms with Crippen molar-refractivity contribution in [3.63, 3.8) is 0 Å². The summed E-state index contributed by atoms with van der Waals surface area (Å²) in [6.07, 6.45) is 1.49. The SMILES string of the molecule is O=C(Nc1ccccc1-c1nc(-c2ccccc2)n[nH]1)c1ccnc(Cl)c1. The first-order valence-corrected chi connectivity index (χ1v) is 8.58. The number of pyridine rings is 1. The summed E-state index contributed by atoms with van der Waals surface area (Å²) < 4.78 is 0. The van der Waals surface area contributed by atoms with Crippen LogP contribution >= 0.6 is 11.6 Å². The van der Waals surface area contributed by atoms with E-state index < -0.39 is 0 Å². The molecule has 0 aliphatic rings. The van der Waals surface area contributed by atoms with Crippen molar-refractivity contribution >= 4 is 23.2 Å². The van der Waals surface area contributed by atoms with E-state index in [0.717, 1.165) is 11.1 Å². The van der Waals surface area contributed by atoms with Crippen molar-refractivity contribution in [3.8, 4) is 22.8 Å². The van der Waals surface area contributed by atoms with Crippen LogP contribution in [0, 0.1) is 0 Å². The molecule has 0 saturated carbocycles. The molecular weight excluding hydrogens is 362 g/mol. The number of H-pyrrole nitrogens is 1. The van der Waals surface area contributed by atoms with Crippen molar-refractivity contribution in [2.75, 3.05) is 5.32 Å². The number of aromatic nitrogens is 4. The minimum absolute atomic E-state index is 0.263. The van der Waals surface area contributed by atoms with Gasteiger partial charge in [-0.15, -0.1) is 0 Å². The summed E-state index contributed by atoms with van der Waals surface area (Å²) in [4.78, 5) is 21.0. The van der Waals surface area contributed by atoms with Crippen LogP contribution in [0.4, 0.5) is 5.69 Å². The summed E-state index contributed by atoms with van der Waals surface area (Å²) in [6.45, 7) is 0. The zero-order valence-corrected chi connectivity index (χ0v) is 14.8. The molecule has 6 nitrogen and oxygen atoms in total. The molecule has 0 unspecified atom stereocenters. The highest BCUT2D eigenvalue weighted by atomic mass is 35.5. The van der Waals surface area contributed by atoms with Gasteiger partial charge in [-0.3, -0.25) is 9.89 Å². The summed E-state index contributed by atoms with van der Waals surface area (Å²) in [5, 5.41) is 10.4. The maximum Gasteiger partial charge on any atom is 0.255 e. The van der Waals surface area contributed by atoms with Crippen molar-refractivity contribution in [2.24, 2.45) is 0 Å². The predicted molar refractivity (Wildman–Crippen MR) is 104 cm³/mol. The van der Waals surface area contributed by atoms with E-state index in [2.05, 4.69) is 25.5 Å². The molecule has 1 amide bonds. The van der Waals surface area contributed by atoms with Crippen LogP contribution < -0.4 is 5.32 Å². The number of halogens is 1. The van der Waals surface area contributed by atoms with Gasteiger partial charge >= 0.3 is 0 Å². The molecule has 0 radical (unpaired) electrons. The monoisotopic (exact) mass is 375 g/mol. The van der Waals surface area contributed by atoms with Gasteiger partial charge in [0.25, 0.3) is 5.91 Å². The van der Waals surface area contributed by atoms with Crippen LogP contribution in [-0.4, -0.2) is 26.1 Å². The lowest BCUT2D eigenvalue weighted by Gasteiger charge is -2.09. The normalized spacial score (nSPS) is 10.6. The Kier molecular flexibility index (Phi) is 4.63. The van der Waals surface area contributed by atoms with Crippen molar-refractivity contribution in [2.45, 2.75) is 0 Å². The van der Waals surface area contributed by atoms with E-state index in [-0.39, 0.29) is 11.1 Å². The third-order valence-electron chi connectivity index (χ3n) is 3.94. The van der Waals surface area contributed by atoms with Crippen LogP contribution in [0.5, 0.6) is 0 Å². The zero-order valence-electron chi connectivity index (χ0n) is 14.1. The zero-order chi connectivity index (χ0) is 18.6. The molecule has 0 aliphatic heterocycles. The first kappa shape index (κ1) is 16.9. The first-order chi connectivity index (χ1) is 13.2. The van der Waals surface area contributed by atoms with E-state index in [1.54, 1.807) is 12.1 Å². The minimum atomic E-state index is -0.283. The van der Waals surface area contributed by atoms with E-state index in [0.29, 0.717) is 22.9 Å². The molecule has 0 bridgehead atoms. The smallest absolute Gasteiger partial charge is 0.255 e.